The lowest BCUT2D eigenvalue weighted by Gasteiger charge is -2.01. The Hall–Kier alpha value is -0.170. The van der Waals surface area contributed by atoms with Crippen LogP contribution in [0.3, 0.4) is 0 Å². The molecule has 0 heterocycles. The Bertz CT molecular complexity index is 170. The van der Waals surface area contributed by atoms with Gasteiger partial charge in [0.25, 0.3) is 0 Å². The van der Waals surface area contributed by atoms with Crippen molar-refractivity contribution in [3.8, 4) is 0 Å². The van der Waals surface area contributed by atoms with Gasteiger partial charge in [0.05, 0.1) is 12.7 Å². The highest BCUT2D eigenvalue weighted by Gasteiger charge is 2.04. The van der Waals surface area contributed by atoms with E-state index >= 15 is 0 Å². The summed E-state index contributed by atoms with van der Waals surface area (Å²) in [6, 6.07) is 0. The fraction of sp³-hybridized carbons (Fsp3) is 1.00. The van der Waals surface area contributed by atoms with Crippen LogP contribution in [0.15, 0.2) is 0 Å². The van der Waals surface area contributed by atoms with Gasteiger partial charge in [0, 0.05) is 0 Å². The Labute approximate surface area is 59.6 Å². The number of hydrogen-bond acceptors (Lipinski definition) is 4. The molecule has 0 fully saturated rings. The zero-order valence-electron chi connectivity index (χ0n) is 5.52. The van der Waals surface area contributed by atoms with Gasteiger partial charge < -0.3 is 5.11 Å². The molecule has 62 valence electrons. The zero-order valence-corrected chi connectivity index (χ0v) is 6.34. The van der Waals surface area contributed by atoms with Gasteiger partial charge in [-0.1, -0.05) is 0 Å². The summed E-state index contributed by atoms with van der Waals surface area (Å²) in [6.07, 6.45) is -0.443. The minimum Gasteiger partial charge on any atom is -0.393 e. The minimum absolute atomic E-state index is 0.180. The molecule has 0 aliphatic carbocycles. The first kappa shape index (κ1) is 9.83. The van der Waals surface area contributed by atoms with Crippen molar-refractivity contribution in [1.29, 1.82) is 0 Å². The number of hydrogen-bond donors (Lipinski definition) is 2. The Kier molecular flexibility index (Phi) is 3.80. The van der Waals surface area contributed by atoms with E-state index in [1.54, 1.807) is 0 Å². The molecule has 5 nitrogen and oxygen atoms in total. The summed E-state index contributed by atoms with van der Waals surface area (Å²) >= 11 is 0. The van der Waals surface area contributed by atoms with Crippen molar-refractivity contribution in [2.75, 3.05) is 6.61 Å². The summed E-state index contributed by atoms with van der Waals surface area (Å²) in [7, 11) is -4.33. The van der Waals surface area contributed by atoms with Gasteiger partial charge >= 0.3 is 10.4 Å². The molecule has 6 heteroatoms. The monoisotopic (exact) mass is 170 g/mol. The van der Waals surface area contributed by atoms with Gasteiger partial charge in [-0.25, -0.2) is 4.18 Å². The average Bonchev–Trinajstić information content (AvgIpc) is 1.59. The highest BCUT2D eigenvalue weighted by molar-refractivity contribution is 7.80. The van der Waals surface area contributed by atoms with Crippen LogP contribution in [-0.2, 0) is 14.6 Å². The van der Waals surface area contributed by atoms with Gasteiger partial charge in [0.15, 0.2) is 0 Å². The van der Waals surface area contributed by atoms with E-state index in [0.717, 1.165) is 0 Å². The lowest BCUT2D eigenvalue weighted by atomic mass is 10.3. The first-order chi connectivity index (χ1) is 4.42. The molecule has 0 bridgehead atoms. The van der Waals surface area contributed by atoms with Gasteiger partial charge in [0.1, 0.15) is 0 Å². The summed E-state index contributed by atoms with van der Waals surface area (Å²) in [6.45, 7) is 1.30. The molecule has 1 unspecified atom stereocenters. The Morgan fingerprint density at radius 2 is 2.10 bits per heavy atom. The second-order valence-electron chi connectivity index (χ2n) is 1.89. The number of rotatable bonds is 4. The van der Waals surface area contributed by atoms with Crippen molar-refractivity contribution < 1.29 is 22.3 Å². The molecule has 0 rings (SSSR count). The van der Waals surface area contributed by atoms with Crippen LogP contribution in [0.2, 0.25) is 0 Å². The van der Waals surface area contributed by atoms with Gasteiger partial charge in [-0.15, -0.1) is 0 Å². The van der Waals surface area contributed by atoms with Crippen LogP contribution < -0.4 is 0 Å². The fourth-order valence-electron chi connectivity index (χ4n) is 0.324. The van der Waals surface area contributed by atoms with Crippen molar-refractivity contribution in [1.82, 2.24) is 0 Å². The third-order valence-corrected chi connectivity index (χ3v) is 1.23. The Balaban J connectivity index is 3.39. The van der Waals surface area contributed by atoms with Gasteiger partial charge in [-0.3, -0.25) is 4.55 Å². The maximum absolute atomic E-state index is 9.86. The standard InChI is InChI=1S/C4H10O5S/c1-4(5)2-3-9-10(6,7)8/h4-5H,2-3H2,1H3,(H,6,7,8). The SMILES string of the molecule is CC(O)CCOS(=O)(=O)O. The van der Waals surface area contributed by atoms with Gasteiger partial charge in [0.2, 0.25) is 0 Å². The molecule has 0 spiro atoms. The fourth-order valence-corrected chi connectivity index (χ4v) is 0.631. The van der Waals surface area contributed by atoms with E-state index in [2.05, 4.69) is 4.18 Å². The molecule has 0 saturated carbocycles. The predicted molar refractivity (Wildman–Crippen MR) is 33.8 cm³/mol. The molecule has 0 saturated heterocycles. The van der Waals surface area contributed by atoms with Crippen LogP contribution in [0, 0.1) is 0 Å². The largest absolute Gasteiger partial charge is 0.397 e. The minimum atomic E-state index is -4.33. The summed E-state index contributed by atoms with van der Waals surface area (Å²) in [5.74, 6) is 0. The van der Waals surface area contributed by atoms with E-state index in [4.69, 9.17) is 9.66 Å². The van der Waals surface area contributed by atoms with Crippen LogP contribution >= 0.6 is 0 Å². The molecule has 0 amide bonds. The van der Waals surface area contributed by atoms with E-state index < -0.39 is 16.5 Å². The molecular weight excluding hydrogens is 160 g/mol. The van der Waals surface area contributed by atoms with Crippen molar-refractivity contribution >= 4 is 10.4 Å². The van der Waals surface area contributed by atoms with E-state index in [0.29, 0.717) is 0 Å². The maximum Gasteiger partial charge on any atom is 0.397 e. The quantitative estimate of drug-likeness (QED) is 0.559. The van der Waals surface area contributed by atoms with Crippen LogP contribution in [0.4, 0.5) is 0 Å². The first-order valence-electron chi connectivity index (χ1n) is 2.72. The second-order valence-corrected chi connectivity index (χ2v) is 2.98. The molecule has 0 aliphatic rings. The van der Waals surface area contributed by atoms with E-state index in [9.17, 15) is 8.42 Å². The second kappa shape index (κ2) is 3.87. The third-order valence-electron chi connectivity index (χ3n) is 0.768. The number of aliphatic hydroxyl groups excluding tert-OH is 1. The molecule has 0 radical (unpaired) electrons. The lowest BCUT2D eigenvalue weighted by molar-refractivity contribution is 0.152. The first-order valence-corrected chi connectivity index (χ1v) is 4.08. The topological polar surface area (TPSA) is 83.8 Å². The Morgan fingerprint density at radius 3 is 2.40 bits per heavy atom. The smallest absolute Gasteiger partial charge is 0.393 e. The summed E-state index contributed by atoms with van der Waals surface area (Å²) in [5.41, 5.74) is 0. The molecule has 0 aromatic carbocycles. The molecule has 0 aromatic heterocycles. The molecule has 0 aliphatic heterocycles. The van der Waals surface area contributed by atoms with Crippen molar-refractivity contribution in [2.45, 2.75) is 19.4 Å². The van der Waals surface area contributed by atoms with E-state index in [1.165, 1.54) is 6.92 Å². The van der Waals surface area contributed by atoms with Crippen LogP contribution in [0.1, 0.15) is 13.3 Å². The normalized spacial score (nSPS) is 15.1. The molecular formula is C4H10O5S. The highest BCUT2D eigenvalue weighted by atomic mass is 32.3. The lowest BCUT2D eigenvalue weighted by Crippen LogP contribution is -2.10. The Morgan fingerprint density at radius 1 is 1.60 bits per heavy atom. The summed E-state index contributed by atoms with van der Waals surface area (Å²) < 4.78 is 31.6. The van der Waals surface area contributed by atoms with E-state index in [-0.39, 0.29) is 13.0 Å². The third kappa shape index (κ3) is 7.83. The van der Waals surface area contributed by atoms with Crippen LogP contribution in [0.5, 0.6) is 0 Å². The maximum atomic E-state index is 9.86. The van der Waals surface area contributed by atoms with E-state index in [1.807, 2.05) is 0 Å². The van der Waals surface area contributed by atoms with Gasteiger partial charge in [-0.05, 0) is 13.3 Å². The zero-order chi connectivity index (χ0) is 8.20. The van der Waals surface area contributed by atoms with Crippen molar-refractivity contribution in [3.05, 3.63) is 0 Å². The van der Waals surface area contributed by atoms with Crippen molar-refractivity contribution in [3.63, 3.8) is 0 Å². The van der Waals surface area contributed by atoms with Crippen molar-refractivity contribution in [2.24, 2.45) is 0 Å². The van der Waals surface area contributed by atoms with Crippen LogP contribution in [-0.4, -0.2) is 30.8 Å². The molecule has 10 heavy (non-hydrogen) atoms. The van der Waals surface area contributed by atoms with Gasteiger partial charge in [-0.2, -0.15) is 8.42 Å². The predicted octanol–water partition coefficient (Wildman–Crippen LogP) is -0.423. The molecule has 0 aromatic rings. The summed E-state index contributed by atoms with van der Waals surface area (Å²) in [5, 5.41) is 8.59. The average molecular weight is 170 g/mol. The number of aliphatic hydroxyl groups is 1. The summed E-state index contributed by atoms with van der Waals surface area (Å²) in [4.78, 5) is 0. The molecule has 1 atom stereocenters. The molecule has 2 N–H and O–H groups in total. The highest BCUT2D eigenvalue weighted by Crippen LogP contribution is 1.93. The van der Waals surface area contributed by atoms with Crippen LogP contribution in [0.25, 0.3) is 0 Å².